The van der Waals surface area contributed by atoms with Crippen molar-refractivity contribution < 1.29 is 13.2 Å². The van der Waals surface area contributed by atoms with Gasteiger partial charge in [-0.15, -0.1) is 0 Å². The first kappa shape index (κ1) is 13.1. The summed E-state index contributed by atoms with van der Waals surface area (Å²) in [6, 6.07) is 10.4. The Hall–Kier alpha value is -2.37. The fraction of sp³-hybridized carbons (Fsp3) is 0.0769. The number of hydrogen-bond acceptors (Lipinski definition) is 3. The van der Waals surface area contributed by atoms with Crippen molar-refractivity contribution in [2.75, 3.05) is 16.8 Å². The second kappa shape index (κ2) is 4.72. The number of nitrogens with one attached hydrogen (secondary N) is 1. The molecule has 0 radical (unpaired) electrons. The van der Waals surface area contributed by atoms with Gasteiger partial charge in [-0.05, 0) is 42.5 Å². The molecule has 2 aromatic rings. The third-order valence-electron chi connectivity index (χ3n) is 2.56. The van der Waals surface area contributed by atoms with Crippen LogP contribution in [0.2, 0.25) is 0 Å². The van der Waals surface area contributed by atoms with Crippen LogP contribution in [0.5, 0.6) is 0 Å². The molecular weight excluding hydrogens is 255 g/mol. The highest BCUT2D eigenvalue weighted by Crippen LogP contribution is 2.35. The first-order chi connectivity index (χ1) is 8.86. The zero-order valence-electron chi connectivity index (χ0n) is 9.83. The molecule has 6 heteroatoms. The van der Waals surface area contributed by atoms with Crippen LogP contribution in [0.25, 0.3) is 0 Å². The largest absolute Gasteiger partial charge is 0.418 e. The molecule has 2 aromatic carbocycles. The van der Waals surface area contributed by atoms with Crippen LogP contribution < -0.4 is 16.8 Å². The fourth-order valence-electron chi connectivity index (χ4n) is 1.61. The molecule has 0 unspecified atom stereocenters. The van der Waals surface area contributed by atoms with Crippen molar-refractivity contribution in [2.45, 2.75) is 6.18 Å². The van der Waals surface area contributed by atoms with Crippen LogP contribution in [-0.2, 0) is 6.18 Å². The van der Waals surface area contributed by atoms with Gasteiger partial charge in [-0.2, -0.15) is 13.2 Å². The van der Waals surface area contributed by atoms with Crippen molar-refractivity contribution >= 4 is 22.7 Å². The van der Waals surface area contributed by atoms with Gasteiger partial charge in [0.15, 0.2) is 0 Å². The predicted molar refractivity (Wildman–Crippen MR) is 70.0 cm³/mol. The van der Waals surface area contributed by atoms with Gasteiger partial charge in [0, 0.05) is 22.7 Å². The minimum Gasteiger partial charge on any atom is -0.399 e. The molecule has 0 aromatic heterocycles. The van der Waals surface area contributed by atoms with E-state index in [0.29, 0.717) is 17.1 Å². The van der Waals surface area contributed by atoms with E-state index in [4.69, 9.17) is 11.5 Å². The lowest BCUT2D eigenvalue weighted by Crippen LogP contribution is -2.09. The molecule has 0 atom stereocenters. The van der Waals surface area contributed by atoms with Crippen molar-refractivity contribution in [3.63, 3.8) is 0 Å². The van der Waals surface area contributed by atoms with Gasteiger partial charge in [-0.25, -0.2) is 0 Å². The van der Waals surface area contributed by atoms with Crippen molar-refractivity contribution in [1.29, 1.82) is 0 Å². The van der Waals surface area contributed by atoms with Gasteiger partial charge in [-0.3, -0.25) is 0 Å². The van der Waals surface area contributed by atoms with E-state index < -0.39 is 11.7 Å². The van der Waals surface area contributed by atoms with Crippen molar-refractivity contribution in [3.05, 3.63) is 48.0 Å². The number of nitrogens with two attached hydrogens (primary N) is 2. The molecule has 0 spiro atoms. The van der Waals surface area contributed by atoms with Crippen LogP contribution in [0, 0.1) is 0 Å². The second-order valence-corrected chi connectivity index (χ2v) is 4.05. The normalized spacial score (nSPS) is 11.3. The standard InChI is InChI=1S/C13H12F3N3/c14-13(15,16)11-7-10(5-6-12(11)18)19-9-3-1-8(17)2-4-9/h1-7,19H,17-18H2. The first-order valence-electron chi connectivity index (χ1n) is 5.45. The Bertz CT molecular complexity index is 577. The van der Waals surface area contributed by atoms with Crippen LogP contribution in [0.4, 0.5) is 35.9 Å². The molecule has 2 rings (SSSR count). The number of nitrogen functional groups attached to an aromatic ring is 2. The lowest BCUT2D eigenvalue weighted by atomic mass is 10.1. The van der Waals surface area contributed by atoms with E-state index in [1.165, 1.54) is 12.1 Å². The maximum atomic E-state index is 12.7. The molecule has 0 aliphatic heterocycles. The maximum absolute atomic E-state index is 12.7. The summed E-state index contributed by atoms with van der Waals surface area (Å²) in [7, 11) is 0. The molecule has 3 nitrogen and oxygen atoms in total. The van der Waals surface area contributed by atoms with Gasteiger partial charge in [0.2, 0.25) is 0 Å². The Morgan fingerprint density at radius 2 is 1.42 bits per heavy atom. The number of alkyl halides is 3. The van der Waals surface area contributed by atoms with Crippen molar-refractivity contribution in [1.82, 2.24) is 0 Å². The topological polar surface area (TPSA) is 64.1 Å². The van der Waals surface area contributed by atoms with Gasteiger partial charge >= 0.3 is 6.18 Å². The fourth-order valence-corrected chi connectivity index (χ4v) is 1.61. The van der Waals surface area contributed by atoms with Crippen molar-refractivity contribution in [3.8, 4) is 0 Å². The van der Waals surface area contributed by atoms with E-state index in [2.05, 4.69) is 5.32 Å². The summed E-state index contributed by atoms with van der Waals surface area (Å²) < 4.78 is 38.1. The van der Waals surface area contributed by atoms with E-state index in [9.17, 15) is 13.2 Å². The summed E-state index contributed by atoms with van der Waals surface area (Å²) in [5.74, 6) is 0. The maximum Gasteiger partial charge on any atom is 0.418 e. The molecule has 100 valence electrons. The molecule has 0 aliphatic carbocycles. The molecule has 0 saturated heterocycles. The van der Waals surface area contributed by atoms with Crippen LogP contribution in [-0.4, -0.2) is 0 Å². The zero-order valence-corrected chi connectivity index (χ0v) is 9.83. The average Bonchev–Trinajstić information content (AvgIpc) is 2.33. The van der Waals surface area contributed by atoms with Crippen molar-refractivity contribution in [2.24, 2.45) is 0 Å². The quantitative estimate of drug-likeness (QED) is 0.728. The minimum atomic E-state index is -4.47. The van der Waals surface area contributed by atoms with E-state index in [1.807, 2.05) is 0 Å². The number of halogens is 3. The molecule has 0 aliphatic rings. The highest BCUT2D eigenvalue weighted by atomic mass is 19.4. The minimum absolute atomic E-state index is 0.296. The number of benzene rings is 2. The second-order valence-electron chi connectivity index (χ2n) is 4.05. The third kappa shape index (κ3) is 3.09. The average molecular weight is 267 g/mol. The van der Waals surface area contributed by atoms with Crippen LogP contribution in [0.15, 0.2) is 42.5 Å². The summed E-state index contributed by atoms with van der Waals surface area (Å²) in [5.41, 5.74) is 11.2. The Balaban J connectivity index is 2.29. The summed E-state index contributed by atoms with van der Waals surface area (Å²) in [5, 5.41) is 2.86. The van der Waals surface area contributed by atoms with Gasteiger partial charge in [0.1, 0.15) is 0 Å². The summed E-state index contributed by atoms with van der Waals surface area (Å²) in [6.45, 7) is 0. The van der Waals surface area contributed by atoms with Crippen LogP contribution >= 0.6 is 0 Å². The number of hydrogen-bond donors (Lipinski definition) is 3. The van der Waals surface area contributed by atoms with Crippen LogP contribution in [0.1, 0.15) is 5.56 Å². The van der Waals surface area contributed by atoms with E-state index >= 15 is 0 Å². The Morgan fingerprint density at radius 1 is 0.842 bits per heavy atom. The molecule has 0 heterocycles. The van der Waals surface area contributed by atoms with Gasteiger partial charge in [-0.1, -0.05) is 0 Å². The lowest BCUT2D eigenvalue weighted by molar-refractivity contribution is -0.136. The highest BCUT2D eigenvalue weighted by molar-refractivity contribution is 5.66. The molecule has 0 bridgehead atoms. The van der Waals surface area contributed by atoms with E-state index in [1.54, 1.807) is 24.3 Å². The summed E-state index contributed by atoms with van der Waals surface area (Å²) in [4.78, 5) is 0. The summed E-state index contributed by atoms with van der Waals surface area (Å²) >= 11 is 0. The van der Waals surface area contributed by atoms with E-state index in [0.717, 1.165) is 6.07 Å². The highest BCUT2D eigenvalue weighted by Gasteiger charge is 2.33. The van der Waals surface area contributed by atoms with Gasteiger partial charge in [0.25, 0.3) is 0 Å². The Labute approximate surface area is 108 Å². The predicted octanol–water partition coefficient (Wildman–Crippen LogP) is 3.61. The molecule has 19 heavy (non-hydrogen) atoms. The van der Waals surface area contributed by atoms with E-state index in [-0.39, 0.29) is 5.69 Å². The van der Waals surface area contributed by atoms with Gasteiger partial charge < -0.3 is 16.8 Å². The lowest BCUT2D eigenvalue weighted by Gasteiger charge is -2.13. The molecule has 0 amide bonds. The zero-order chi connectivity index (χ0) is 14.0. The molecule has 0 saturated carbocycles. The third-order valence-corrected chi connectivity index (χ3v) is 2.56. The molecule has 0 fully saturated rings. The number of anilines is 4. The van der Waals surface area contributed by atoms with Gasteiger partial charge in [0.05, 0.1) is 5.56 Å². The smallest absolute Gasteiger partial charge is 0.399 e. The number of rotatable bonds is 2. The SMILES string of the molecule is Nc1ccc(Nc2ccc(N)c(C(F)(F)F)c2)cc1. The monoisotopic (exact) mass is 267 g/mol. The molecular formula is C13H12F3N3. The molecule has 5 N–H and O–H groups in total. The first-order valence-corrected chi connectivity index (χ1v) is 5.45. The van der Waals surface area contributed by atoms with Crippen LogP contribution in [0.3, 0.4) is 0 Å². The summed E-state index contributed by atoms with van der Waals surface area (Å²) in [6.07, 6.45) is -4.47. The Morgan fingerprint density at radius 3 is 2.00 bits per heavy atom. The Kier molecular flexibility index (Phi) is 3.25.